The van der Waals surface area contributed by atoms with Crippen molar-refractivity contribution < 1.29 is 0 Å². The highest BCUT2D eigenvalue weighted by molar-refractivity contribution is 6.12. The molecule has 0 aliphatic rings. The Morgan fingerprint density at radius 3 is 1.50 bits per heavy atom. The van der Waals surface area contributed by atoms with Gasteiger partial charge in [-0.05, 0) is 12.5 Å². The van der Waals surface area contributed by atoms with E-state index in [0.29, 0.717) is 5.92 Å². The molecular formula is C23H23N. The van der Waals surface area contributed by atoms with E-state index in [9.17, 15) is 0 Å². The largest absolute Gasteiger partial charge is 0.280 e. The van der Waals surface area contributed by atoms with Gasteiger partial charge in [0.25, 0.3) is 0 Å². The molecule has 0 aliphatic heterocycles. The van der Waals surface area contributed by atoms with Crippen LogP contribution in [0.3, 0.4) is 0 Å². The highest BCUT2D eigenvalue weighted by atomic mass is 14.8. The topological polar surface area (TPSA) is 12.4 Å². The molecule has 0 aliphatic carbocycles. The molecule has 0 fully saturated rings. The van der Waals surface area contributed by atoms with Crippen LogP contribution in [0.1, 0.15) is 36.5 Å². The lowest BCUT2D eigenvalue weighted by Gasteiger charge is -2.19. The van der Waals surface area contributed by atoms with E-state index in [4.69, 9.17) is 4.99 Å². The third-order valence-electron chi connectivity index (χ3n) is 4.48. The normalized spacial score (nSPS) is 13.1. The first-order valence-corrected chi connectivity index (χ1v) is 8.49. The fraction of sp³-hybridized carbons (Fsp3) is 0.174. The number of aliphatic imine (C=N–C) groups is 1. The van der Waals surface area contributed by atoms with Crippen molar-refractivity contribution in [3.8, 4) is 0 Å². The van der Waals surface area contributed by atoms with Crippen molar-refractivity contribution in [3.05, 3.63) is 108 Å². The van der Waals surface area contributed by atoms with Crippen molar-refractivity contribution in [1.82, 2.24) is 0 Å². The molecule has 3 aromatic rings. The predicted octanol–water partition coefficient (Wildman–Crippen LogP) is 5.72. The molecule has 0 aromatic heterocycles. The van der Waals surface area contributed by atoms with Gasteiger partial charge in [-0.3, -0.25) is 4.99 Å². The van der Waals surface area contributed by atoms with Crippen LogP contribution < -0.4 is 0 Å². The van der Waals surface area contributed by atoms with Gasteiger partial charge in [0, 0.05) is 17.0 Å². The molecule has 3 rings (SSSR count). The molecule has 120 valence electrons. The van der Waals surface area contributed by atoms with Crippen LogP contribution >= 0.6 is 0 Å². The lowest BCUT2D eigenvalue weighted by molar-refractivity contribution is 0.616. The number of rotatable bonds is 5. The van der Waals surface area contributed by atoms with Crippen LogP contribution in [0.5, 0.6) is 0 Å². The van der Waals surface area contributed by atoms with Gasteiger partial charge in [-0.25, -0.2) is 0 Å². The van der Waals surface area contributed by atoms with Crippen LogP contribution in [0.2, 0.25) is 0 Å². The Morgan fingerprint density at radius 1 is 0.625 bits per heavy atom. The van der Waals surface area contributed by atoms with Gasteiger partial charge in [0.1, 0.15) is 0 Å². The highest BCUT2D eigenvalue weighted by Crippen LogP contribution is 2.23. The Labute approximate surface area is 144 Å². The van der Waals surface area contributed by atoms with Crippen LogP contribution in [-0.4, -0.2) is 11.8 Å². The van der Waals surface area contributed by atoms with Gasteiger partial charge in [-0.1, -0.05) is 97.9 Å². The van der Waals surface area contributed by atoms with Crippen molar-refractivity contribution in [2.45, 2.75) is 25.8 Å². The first-order chi connectivity index (χ1) is 11.8. The molecule has 0 bridgehead atoms. The highest BCUT2D eigenvalue weighted by Gasteiger charge is 2.15. The van der Waals surface area contributed by atoms with E-state index < -0.39 is 0 Å². The smallest absolute Gasteiger partial charge is 0.0722 e. The molecule has 1 unspecified atom stereocenters. The Hall–Kier alpha value is -2.67. The summed E-state index contributed by atoms with van der Waals surface area (Å²) in [5.74, 6) is 0.369. The van der Waals surface area contributed by atoms with Crippen LogP contribution in [0.15, 0.2) is 96.0 Å². The van der Waals surface area contributed by atoms with Crippen molar-refractivity contribution in [3.63, 3.8) is 0 Å². The number of benzene rings is 3. The lowest BCUT2D eigenvalue weighted by atomic mass is 9.94. The lowest BCUT2D eigenvalue weighted by Crippen LogP contribution is -2.14. The van der Waals surface area contributed by atoms with Gasteiger partial charge in [-0.15, -0.1) is 0 Å². The summed E-state index contributed by atoms with van der Waals surface area (Å²) >= 11 is 0. The van der Waals surface area contributed by atoms with E-state index in [1.807, 2.05) is 12.1 Å². The quantitative estimate of drug-likeness (QED) is 0.534. The maximum atomic E-state index is 5.11. The average Bonchev–Trinajstić information content (AvgIpc) is 2.67. The number of nitrogens with zero attached hydrogens (tertiary/aromatic N) is 1. The summed E-state index contributed by atoms with van der Waals surface area (Å²) in [7, 11) is 0. The summed E-state index contributed by atoms with van der Waals surface area (Å²) in [6, 6.07) is 31.7. The van der Waals surface area contributed by atoms with Crippen LogP contribution in [0.4, 0.5) is 0 Å². The summed E-state index contributed by atoms with van der Waals surface area (Å²) in [6.45, 7) is 4.45. The van der Waals surface area contributed by atoms with Crippen LogP contribution in [-0.2, 0) is 0 Å². The molecule has 0 N–H and O–H groups in total. The second kappa shape index (κ2) is 7.74. The molecule has 0 heterocycles. The summed E-state index contributed by atoms with van der Waals surface area (Å²) in [5, 5.41) is 0. The molecule has 0 saturated carbocycles. The molecule has 3 aromatic carbocycles. The van der Waals surface area contributed by atoms with Gasteiger partial charge in [-0.2, -0.15) is 0 Å². The Kier molecular flexibility index (Phi) is 5.22. The van der Waals surface area contributed by atoms with Gasteiger partial charge in [0.15, 0.2) is 0 Å². The minimum atomic E-state index is 0.197. The van der Waals surface area contributed by atoms with Gasteiger partial charge in [0.2, 0.25) is 0 Å². The molecule has 0 spiro atoms. The molecule has 24 heavy (non-hydrogen) atoms. The minimum Gasteiger partial charge on any atom is -0.280 e. The third kappa shape index (κ3) is 3.80. The fourth-order valence-electron chi connectivity index (χ4n) is 2.86. The molecule has 0 radical (unpaired) electrons. The monoisotopic (exact) mass is 313 g/mol. The minimum absolute atomic E-state index is 0.197. The van der Waals surface area contributed by atoms with Crippen molar-refractivity contribution in [1.29, 1.82) is 0 Å². The first kappa shape index (κ1) is 16.2. The molecule has 0 amide bonds. The van der Waals surface area contributed by atoms with E-state index in [-0.39, 0.29) is 6.04 Å². The van der Waals surface area contributed by atoms with E-state index in [1.54, 1.807) is 0 Å². The molecule has 2 atom stereocenters. The van der Waals surface area contributed by atoms with Gasteiger partial charge >= 0.3 is 0 Å². The van der Waals surface area contributed by atoms with Crippen molar-refractivity contribution >= 4 is 5.71 Å². The number of hydrogen-bond acceptors (Lipinski definition) is 1. The average molecular weight is 313 g/mol. The summed E-state index contributed by atoms with van der Waals surface area (Å²) in [4.78, 5) is 5.11. The maximum absolute atomic E-state index is 5.11. The Balaban J connectivity index is 1.98. The zero-order valence-electron chi connectivity index (χ0n) is 14.3. The third-order valence-corrected chi connectivity index (χ3v) is 4.48. The first-order valence-electron chi connectivity index (χ1n) is 8.49. The van der Waals surface area contributed by atoms with E-state index >= 15 is 0 Å². The zero-order chi connectivity index (χ0) is 16.8. The SMILES string of the molecule is CC(c1ccccc1)[C@@H](C)N=C(c1ccccc1)c1ccccc1. The summed E-state index contributed by atoms with van der Waals surface area (Å²) in [6.07, 6.45) is 0. The van der Waals surface area contributed by atoms with Crippen LogP contribution in [0, 0.1) is 0 Å². The Bertz CT molecular complexity index is 735. The summed E-state index contributed by atoms with van der Waals surface area (Å²) < 4.78 is 0. The predicted molar refractivity (Wildman–Crippen MR) is 103 cm³/mol. The fourth-order valence-corrected chi connectivity index (χ4v) is 2.86. The van der Waals surface area contributed by atoms with Crippen LogP contribution in [0.25, 0.3) is 0 Å². The molecule has 0 saturated heterocycles. The number of hydrogen-bond donors (Lipinski definition) is 0. The van der Waals surface area contributed by atoms with Gasteiger partial charge in [0.05, 0.1) is 11.8 Å². The maximum Gasteiger partial charge on any atom is 0.0722 e. The molecular weight excluding hydrogens is 290 g/mol. The summed E-state index contributed by atoms with van der Waals surface area (Å²) in [5.41, 5.74) is 4.72. The van der Waals surface area contributed by atoms with Crippen molar-refractivity contribution in [2.24, 2.45) is 4.99 Å². The second-order valence-electron chi connectivity index (χ2n) is 6.15. The van der Waals surface area contributed by atoms with Crippen molar-refractivity contribution in [2.75, 3.05) is 0 Å². The van der Waals surface area contributed by atoms with E-state index in [2.05, 4.69) is 92.7 Å². The zero-order valence-corrected chi connectivity index (χ0v) is 14.3. The second-order valence-corrected chi connectivity index (χ2v) is 6.15. The molecule has 1 nitrogen and oxygen atoms in total. The molecule has 1 heteroatoms. The van der Waals surface area contributed by atoms with Gasteiger partial charge < -0.3 is 0 Å². The van der Waals surface area contributed by atoms with E-state index in [0.717, 1.165) is 16.8 Å². The van der Waals surface area contributed by atoms with E-state index in [1.165, 1.54) is 5.56 Å². The Morgan fingerprint density at radius 2 is 1.04 bits per heavy atom. The standard InChI is InChI=1S/C23H23N/c1-18(20-12-6-3-7-13-20)19(2)24-23(21-14-8-4-9-15-21)22-16-10-5-11-17-22/h3-19H,1-2H3/t18?,19-/m1/s1.